The van der Waals surface area contributed by atoms with Gasteiger partial charge in [-0.05, 0) is 68.9 Å². The van der Waals surface area contributed by atoms with E-state index in [2.05, 4.69) is 43.6 Å². The molecule has 0 heterocycles. The molecule has 0 amide bonds. The minimum atomic E-state index is 0.703. The van der Waals surface area contributed by atoms with Crippen LogP contribution in [0.15, 0.2) is 24.3 Å². The van der Waals surface area contributed by atoms with Crippen molar-refractivity contribution in [2.75, 3.05) is 13.6 Å². The number of hydrogen-bond donors (Lipinski definition) is 1. The Balaban J connectivity index is 1.70. The lowest BCUT2D eigenvalue weighted by Gasteiger charge is -2.27. The summed E-state index contributed by atoms with van der Waals surface area (Å²) in [5.74, 6) is 3.82. The Kier molecular flexibility index (Phi) is 3.93. The van der Waals surface area contributed by atoms with Crippen LogP contribution in [0.3, 0.4) is 0 Å². The second-order valence-corrected chi connectivity index (χ2v) is 6.84. The third kappa shape index (κ3) is 2.86. The van der Waals surface area contributed by atoms with Crippen molar-refractivity contribution >= 4 is 0 Å². The highest BCUT2D eigenvalue weighted by molar-refractivity contribution is 5.26. The number of hydrogen-bond acceptors (Lipinski definition) is 1. The zero-order valence-electron chi connectivity index (χ0n) is 12.4. The summed E-state index contributed by atoms with van der Waals surface area (Å²) in [5.41, 5.74) is 2.93. The highest BCUT2D eigenvalue weighted by atomic mass is 14.8. The molecule has 1 heteroatoms. The smallest absolute Gasteiger partial charge is 0.00172 e. The molecule has 2 aliphatic rings. The summed E-state index contributed by atoms with van der Waals surface area (Å²) in [6.07, 6.45) is 7.46. The molecule has 1 N–H and O–H groups in total. The van der Waals surface area contributed by atoms with Crippen molar-refractivity contribution < 1.29 is 0 Å². The van der Waals surface area contributed by atoms with Gasteiger partial charge in [-0.3, -0.25) is 0 Å². The second kappa shape index (κ2) is 5.66. The number of aryl methyl sites for hydroxylation is 1. The molecular formula is C18H27N. The van der Waals surface area contributed by atoms with Gasteiger partial charge in [-0.2, -0.15) is 0 Å². The third-order valence-corrected chi connectivity index (χ3v) is 5.44. The fraction of sp³-hybridized carbons (Fsp3) is 0.667. The number of likely N-dealkylation sites (N-methyl/N-ethyl adjacent to an activating group) is 1. The van der Waals surface area contributed by atoms with Crippen molar-refractivity contribution in [2.45, 2.75) is 44.9 Å². The Bertz CT molecular complexity index is 425. The maximum absolute atomic E-state index is 3.40. The van der Waals surface area contributed by atoms with Gasteiger partial charge in [-0.15, -0.1) is 0 Å². The zero-order valence-corrected chi connectivity index (χ0v) is 12.4. The topological polar surface area (TPSA) is 12.0 Å². The normalized spacial score (nSPS) is 30.7. The van der Waals surface area contributed by atoms with Gasteiger partial charge >= 0.3 is 0 Å². The van der Waals surface area contributed by atoms with Crippen LogP contribution in [0.5, 0.6) is 0 Å². The van der Waals surface area contributed by atoms with Gasteiger partial charge in [0, 0.05) is 6.54 Å². The number of nitrogens with one attached hydrogen (secondary N) is 1. The van der Waals surface area contributed by atoms with Crippen molar-refractivity contribution in [3.63, 3.8) is 0 Å². The van der Waals surface area contributed by atoms with E-state index in [1.54, 1.807) is 0 Å². The maximum Gasteiger partial charge on any atom is 0.00172 e. The Morgan fingerprint density at radius 2 is 2.16 bits per heavy atom. The zero-order chi connectivity index (χ0) is 13.2. The van der Waals surface area contributed by atoms with Crippen LogP contribution in [0.2, 0.25) is 0 Å². The molecule has 4 atom stereocenters. The summed E-state index contributed by atoms with van der Waals surface area (Å²) >= 11 is 0. The second-order valence-electron chi connectivity index (χ2n) is 6.84. The summed E-state index contributed by atoms with van der Waals surface area (Å²) < 4.78 is 0. The van der Waals surface area contributed by atoms with Crippen LogP contribution < -0.4 is 5.32 Å². The van der Waals surface area contributed by atoms with Crippen molar-refractivity contribution in [3.8, 4) is 0 Å². The molecule has 2 fully saturated rings. The van der Waals surface area contributed by atoms with Gasteiger partial charge in [0.25, 0.3) is 0 Å². The average molecular weight is 257 g/mol. The molecule has 104 valence electrons. The van der Waals surface area contributed by atoms with Crippen molar-refractivity contribution in [3.05, 3.63) is 35.4 Å². The predicted molar refractivity (Wildman–Crippen MR) is 81.4 cm³/mol. The highest BCUT2D eigenvalue weighted by Gasteiger charge is 2.40. The van der Waals surface area contributed by atoms with Gasteiger partial charge in [-0.1, -0.05) is 36.2 Å². The highest BCUT2D eigenvalue weighted by Crippen LogP contribution is 2.51. The number of rotatable bonds is 5. The molecule has 2 saturated carbocycles. The van der Waals surface area contributed by atoms with Gasteiger partial charge in [-0.25, -0.2) is 0 Å². The van der Waals surface area contributed by atoms with Crippen molar-refractivity contribution in [1.29, 1.82) is 0 Å². The van der Waals surface area contributed by atoms with E-state index in [1.807, 2.05) is 0 Å². The van der Waals surface area contributed by atoms with Crippen LogP contribution in [-0.2, 0) is 0 Å². The molecule has 0 aliphatic heterocycles. The molecule has 2 bridgehead atoms. The molecule has 3 rings (SSSR count). The molecule has 0 spiro atoms. The molecule has 0 saturated heterocycles. The first kappa shape index (κ1) is 13.2. The van der Waals surface area contributed by atoms with Crippen molar-refractivity contribution in [1.82, 2.24) is 5.32 Å². The van der Waals surface area contributed by atoms with E-state index in [9.17, 15) is 0 Å². The van der Waals surface area contributed by atoms with E-state index in [-0.39, 0.29) is 0 Å². The van der Waals surface area contributed by atoms with Gasteiger partial charge in [0.2, 0.25) is 0 Å². The Morgan fingerprint density at radius 3 is 2.79 bits per heavy atom. The first-order valence-electron chi connectivity index (χ1n) is 7.97. The Hall–Kier alpha value is -0.820. The standard InChI is InChI=1S/C18H27N/c1-13-4-3-5-15(8-13)18(12-19-2)11-17-10-14-6-7-16(17)9-14/h3-5,8,14,16-19H,6-7,9-12H2,1-2H3. The molecular weight excluding hydrogens is 230 g/mol. The number of fused-ring (bicyclic) bond motifs is 2. The SMILES string of the molecule is CNCC(CC1CC2CCC1C2)c1cccc(C)c1. The van der Waals surface area contributed by atoms with Gasteiger partial charge in [0.05, 0.1) is 0 Å². The van der Waals surface area contributed by atoms with E-state index in [0.717, 1.165) is 24.3 Å². The summed E-state index contributed by atoms with van der Waals surface area (Å²) in [4.78, 5) is 0. The molecule has 0 aromatic heterocycles. The molecule has 1 aromatic carbocycles. The van der Waals surface area contributed by atoms with E-state index in [1.165, 1.54) is 43.2 Å². The molecule has 0 radical (unpaired) electrons. The van der Waals surface area contributed by atoms with Crippen LogP contribution in [0.4, 0.5) is 0 Å². The molecule has 1 aromatic rings. The molecule has 1 nitrogen and oxygen atoms in total. The quantitative estimate of drug-likeness (QED) is 0.836. The van der Waals surface area contributed by atoms with E-state index in [0.29, 0.717) is 5.92 Å². The largest absolute Gasteiger partial charge is 0.319 e. The lowest BCUT2D eigenvalue weighted by Crippen LogP contribution is -2.22. The van der Waals surface area contributed by atoms with Crippen LogP contribution in [-0.4, -0.2) is 13.6 Å². The molecule has 2 aliphatic carbocycles. The Labute approximate surface area is 117 Å². The van der Waals surface area contributed by atoms with Crippen LogP contribution in [0.25, 0.3) is 0 Å². The number of benzene rings is 1. The van der Waals surface area contributed by atoms with E-state index >= 15 is 0 Å². The third-order valence-electron chi connectivity index (χ3n) is 5.44. The maximum atomic E-state index is 3.40. The lowest BCUT2D eigenvalue weighted by molar-refractivity contribution is 0.292. The fourth-order valence-electron chi connectivity index (χ4n) is 4.54. The van der Waals surface area contributed by atoms with Crippen LogP contribution in [0, 0.1) is 24.7 Å². The predicted octanol–water partition coefficient (Wildman–Crippen LogP) is 4.12. The minimum absolute atomic E-state index is 0.703. The van der Waals surface area contributed by atoms with E-state index in [4.69, 9.17) is 0 Å². The van der Waals surface area contributed by atoms with Crippen LogP contribution >= 0.6 is 0 Å². The monoisotopic (exact) mass is 257 g/mol. The summed E-state index contributed by atoms with van der Waals surface area (Å²) in [6.45, 7) is 3.33. The first-order chi connectivity index (χ1) is 9.26. The molecule has 19 heavy (non-hydrogen) atoms. The molecule has 4 unspecified atom stereocenters. The van der Waals surface area contributed by atoms with Gasteiger partial charge in [0.15, 0.2) is 0 Å². The van der Waals surface area contributed by atoms with Gasteiger partial charge in [0.1, 0.15) is 0 Å². The van der Waals surface area contributed by atoms with Crippen LogP contribution in [0.1, 0.15) is 49.1 Å². The minimum Gasteiger partial charge on any atom is -0.319 e. The summed E-state index contributed by atoms with van der Waals surface area (Å²) in [7, 11) is 2.09. The van der Waals surface area contributed by atoms with Crippen molar-refractivity contribution in [2.24, 2.45) is 17.8 Å². The van der Waals surface area contributed by atoms with Gasteiger partial charge < -0.3 is 5.32 Å². The summed E-state index contributed by atoms with van der Waals surface area (Å²) in [5, 5.41) is 3.40. The Morgan fingerprint density at radius 1 is 1.26 bits per heavy atom. The summed E-state index contributed by atoms with van der Waals surface area (Å²) in [6, 6.07) is 9.13. The first-order valence-corrected chi connectivity index (χ1v) is 7.97. The fourth-order valence-corrected chi connectivity index (χ4v) is 4.54. The van der Waals surface area contributed by atoms with E-state index < -0.39 is 0 Å². The lowest BCUT2D eigenvalue weighted by atomic mass is 9.80. The average Bonchev–Trinajstić information content (AvgIpc) is 3.00.